The van der Waals surface area contributed by atoms with Gasteiger partial charge in [0.05, 0.1) is 4.90 Å². The number of hydrogen-bond acceptors (Lipinski definition) is 3. The van der Waals surface area contributed by atoms with E-state index < -0.39 is 15.1 Å². The predicted molar refractivity (Wildman–Crippen MR) is 46.9 cm³/mol. The van der Waals surface area contributed by atoms with Gasteiger partial charge in [0.15, 0.2) is 0 Å². The molecule has 0 heterocycles. The lowest BCUT2D eigenvalue weighted by atomic mass is 10.2. The summed E-state index contributed by atoms with van der Waals surface area (Å²) in [6.45, 7) is 1.80. The van der Waals surface area contributed by atoms with Crippen molar-refractivity contribution in [2.24, 2.45) is 0 Å². The highest BCUT2D eigenvalue weighted by Crippen LogP contribution is 2.11. The molecular weight excluding hydrogens is 190 g/mol. The van der Waals surface area contributed by atoms with Gasteiger partial charge in [-0.15, -0.1) is 0 Å². The minimum atomic E-state index is -4.07. The normalized spacial score (nSPS) is 11.2. The van der Waals surface area contributed by atoms with Crippen LogP contribution in [-0.2, 0) is 9.84 Å². The van der Waals surface area contributed by atoms with Gasteiger partial charge in [-0.25, -0.2) is 8.42 Å². The lowest BCUT2D eigenvalue weighted by Gasteiger charge is -1.98. The van der Waals surface area contributed by atoms with Crippen molar-refractivity contribution in [1.29, 1.82) is 0 Å². The summed E-state index contributed by atoms with van der Waals surface area (Å²) >= 11 is 0. The van der Waals surface area contributed by atoms with Gasteiger partial charge in [0.25, 0.3) is 9.84 Å². The zero-order valence-electron chi connectivity index (χ0n) is 6.94. The zero-order valence-corrected chi connectivity index (χ0v) is 7.76. The van der Waals surface area contributed by atoms with Crippen LogP contribution in [-0.4, -0.2) is 13.7 Å². The molecule has 1 aromatic rings. The van der Waals surface area contributed by atoms with Gasteiger partial charge in [-0.1, -0.05) is 17.7 Å². The predicted octanol–water partition coefficient (Wildman–Crippen LogP) is 1.17. The average Bonchev–Trinajstić information content (AvgIpc) is 2.04. The summed E-state index contributed by atoms with van der Waals surface area (Å²) < 4.78 is 22.2. The Hall–Kier alpha value is -1.36. The van der Waals surface area contributed by atoms with Crippen LogP contribution in [0.2, 0.25) is 0 Å². The van der Waals surface area contributed by atoms with Crippen molar-refractivity contribution in [2.75, 3.05) is 0 Å². The molecule has 0 unspecified atom stereocenters. The fourth-order valence-corrected chi connectivity index (χ4v) is 1.53. The number of carbonyl (C=O) groups excluding carboxylic acids is 1. The quantitative estimate of drug-likeness (QED) is 0.679. The second-order valence-corrected chi connectivity index (χ2v) is 4.45. The molecule has 0 fully saturated rings. The van der Waals surface area contributed by atoms with E-state index in [0.717, 1.165) is 5.56 Å². The summed E-state index contributed by atoms with van der Waals surface area (Å²) in [5.41, 5.74) is 7.44. The first-order valence-corrected chi connectivity index (χ1v) is 5.00. The molecule has 0 aliphatic heterocycles. The van der Waals surface area contributed by atoms with Crippen LogP contribution in [0.1, 0.15) is 5.56 Å². The maximum Gasteiger partial charge on any atom is 0.359 e. The van der Waals surface area contributed by atoms with Crippen molar-refractivity contribution in [3.05, 3.63) is 29.8 Å². The van der Waals surface area contributed by atoms with Crippen molar-refractivity contribution in [1.82, 2.24) is 5.73 Å². The number of benzene rings is 1. The summed E-state index contributed by atoms with van der Waals surface area (Å²) in [6, 6.07) is 5.79. The first-order valence-electron chi connectivity index (χ1n) is 3.52. The maximum atomic E-state index is 11.1. The number of amides is 1. The van der Waals surface area contributed by atoms with E-state index in [1.165, 1.54) is 12.1 Å². The molecule has 0 spiro atoms. The molecule has 1 radical (unpaired) electrons. The summed E-state index contributed by atoms with van der Waals surface area (Å²) in [7, 11) is -4.07. The first-order chi connectivity index (χ1) is 5.94. The monoisotopic (exact) mass is 198 g/mol. The number of rotatable bonds is 1. The Morgan fingerprint density at radius 3 is 2.08 bits per heavy atom. The third-order valence-electron chi connectivity index (χ3n) is 1.58. The van der Waals surface area contributed by atoms with E-state index in [9.17, 15) is 13.2 Å². The van der Waals surface area contributed by atoms with Crippen LogP contribution >= 0.6 is 0 Å². The van der Waals surface area contributed by atoms with Crippen molar-refractivity contribution in [3.63, 3.8) is 0 Å². The largest absolute Gasteiger partial charge is 0.359 e. The molecule has 4 nitrogen and oxygen atoms in total. The van der Waals surface area contributed by atoms with E-state index in [0.29, 0.717) is 0 Å². The third kappa shape index (κ3) is 1.86. The molecular formula is C8H8NO3S. The molecule has 0 aliphatic carbocycles. The summed E-state index contributed by atoms with van der Waals surface area (Å²) in [5.74, 6) is 0. The van der Waals surface area contributed by atoms with Gasteiger partial charge in [0, 0.05) is 0 Å². The number of nitrogens with one attached hydrogen (secondary N) is 1. The highest BCUT2D eigenvalue weighted by atomic mass is 32.2. The van der Waals surface area contributed by atoms with Gasteiger partial charge in [0.1, 0.15) is 0 Å². The van der Waals surface area contributed by atoms with Gasteiger partial charge in [-0.05, 0) is 19.1 Å². The Kier molecular flexibility index (Phi) is 2.38. The Morgan fingerprint density at radius 1 is 1.23 bits per heavy atom. The second-order valence-electron chi connectivity index (χ2n) is 2.60. The van der Waals surface area contributed by atoms with Crippen LogP contribution in [0.5, 0.6) is 0 Å². The van der Waals surface area contributed by atoms with Crippen LogP contribution < -0.4 is 5.73 Å². The van der Waals surface area contributed by atoms with Crippen molar-refractivity contribution in [3.8, 4) is 0 Å². The highest BCUT2D eigenvalue weighted by Gasteiger charge is 2.21. The zero-order chi connectivity index (χ0) is 10.1. The topological polar surface area (TPSA) is 75.0 Å². The molecule has 0 aliphatic rings. The molecule has 1 N–H and O–H groups in total. The Bertz CT molecular complexity index is 419. The van der Waals surface area contributed by atoms with E-state index in [1.54, 1.807) is 19.1 Å². The number of sulfone groups is 1. The third-order valence-corrected chi connectivity index (χ3v) is 2.96. The standard InChI is InChI=1S/C8H8NO3S/c1-6-2-4-7(5-3-6)13(11,12)8(9)10/h2-5,9H,1H3. The first kappa shape index (κ1) is 9.73. The van der Waals surface area contributed by atoms with Gasteiger partial charge in [-0.2, -0.15) is 0 Å². The van der Waals surface area contributed by atoms with Gasteiger partial charge < -0.3 is 0 Å². The fourth-order valence-electron chi connectivity index (χ4n) is 0.824. The Labute approximate surface area is 76.3 Å². The summed E-state index contributed by atoms with van der Waals surface area (Å²) in [6.07, 6.45) is 0. The highest BCUT2D eigenvalue weighted by molar-refractivity contribution is 8.06. The molecule has 1 amide bonds. The lowest BCUT2D eigenvalue weighted by molar-refractivity contribution is 0.264. The van der Waals surface area contributed by atoms with Crippen molar-refractivity contribution >= 4 is 15.1 Å². The second kappa shape index (κ2) is 3.18. The summed E-state index contributed by atoms with van der Waals surface area (Å²) in [4.78, 5) is 10.3. The lowest BCUT2D eigenvalue weighted by Crippen LogP contribution is -2.13. The molecule has 0 aromatic heterocycles. The Balaban J connectivity index is 3.25. The molecule has 0 saturated heterocycles. The maximum absolute atomic E-state index is 11.1. The number of hydrogen-bond donors (Lipinski definition) is 0. The number of carbonyl (C=O) groups is 1. The molecule has 69 valence electrons. The SMILES string of the molecule is Cc1ccc(S(=O)(=O)C([NH])=O)cc1. The van der Waals surface area contributed by atoms with Gasteiger partial charge >= 0.3 is 5.24 Å². The van der Waals surface area contributed by atoms with Crippen molar-refractivity contribution in [2.45, 2.75) is 11.8 Å². The van der Waals surface area contributed by atoms with Crippen LogP contribution in [0, 0.1) is 6.92 Å². The Morgan fingerprint density at radius 2 is 1.69 bits per heavy atom. The van der Waals surface area contributed by atoms with E-state index in [4.69, 9.17) is 5.73 Å². The fraction of sp³-hybridized carbons (Fsp3) is 0.125. The molecule has 13 heavy (non-hydrogen) atoms. The van der Waals surface area contributed by atoms with Crippen LogP contribution in [0.25, 0.3) is 0 Å². The van der Waals surface area contributed by atoms with E-state index in [-0.39, 0.29) is 4.90 Å². The molecule has 0 atom stereocenters. The van der Waals surface area contributed by atoms with E-state index >= 15 is 0 Å². The van der Waals surface area contributed by atoms with Crippen LogP contribution in [0.3, 0.4) is 0 Å². The molecule has 0 bridgehead atoms. The van der Waals surface area contributed by atoms with Gasteiger partial charge in [0.2, 0.25) is 0 Å². The minimum Gasteiger partial charge on any atom is -0.254 e. The summed E-state index contributed by atoms with van der Waals surface area (Å²) in [5, 5.41) is -1.57. The molecule has 1 aromatic carbocycles. The van der Waals surface area contributed by atoms with Crippen molar-refractivity contribution < 1.29 is 13.2 Å². The smallest absolute Gasteiger partial charge is 0.254 e. The van der Waals surface area contributed by atoms with Crippen LogP contribution in [0.4, 0.5) is 4.79 Å². The van der Waals surface area contributed by atoms with Crippen LogP contribution in [0.15, 0.2) is 29.2 Å². The minimum absolute atomic E-state index is 0.127. The van der Waals surface area contributed by atoms with Gasteiger partial charge in [-0.3, -0.25) is 10.5 Å². The van der Waals surface area contributed by atoms with E-state index in [2.05, 4.69) is 0 Å². The molecule has 1 rings (SSSR count). The molecule has 5 heteroatoms. The van der Waals surface area contributed by atoms with E-state index in [1.807, 2.05) is 0 Å². The number of aryl methyl sites for hydroxylation is 1. The average molecular weight is 198 g/mol. The molecule has 0 saturated carbocycles.